The highest BCUT2D eigenvalue weighted by molar-refractivity contribution is 5.39. The summed E-state index contributed by atoms with van der Waals surface area (Å²) in [5.41, 5.74) is 4.45. The molecule has 2 aliphatic rings. The number of aryl methyl sites for hydroxylation is 1. The molecule has 0 spiro atoms. The van der Waals surface area contributed by atoms with Gasteiger partial charge >= 0.3 is 0 Å². The Kier molecular flexibility index (Phi) is 2.96. The van der Waals surface area contributed by atoms with Gasteiger partial charge in [-0.25, -0.2) is 0 Å². The van der Waals surface area contributed by atoms with Gasteiger partial charge in [0, 0.05) is 12.5 Å². The Morgan fingerprint density at radius 3 is 2.82 bits per heavy atom. The van der Waals surface area contributed by atoms with Gasteiger partial charge in [0.05, 0.1) is 0 Å². The molecule has 0 aliphatic heterocycles. The third-order valence-corrected chi connectivity index (χ3v) is 4.76. The molecule has 17 heavy (non-hydrogen) atoms. The molecule has 3 rings (SSSR count). The Morgan fingerprint density at radius 2 is 2.12 bits per heavy atom. The van der Waals surface area contributed by atoms with Crippen molar-refractivity contribution in [2.24, 2.45) is 5.92 Å². The summed E-state index contributed by atoms with van der Waals surface area (Å²) in [5, 5.41) is 9.33. The van der Waals surface area contributed by atoms with Crippen LogP contribution in [0.3, 0.4) is 0 Å². The van der Waals surface area contributed by atoms with Crippen LogP contribution < -0.4 is 0 Å². The lowest BCUT2D eigenvalue weighted by Gasteiger charge is -2.13. The van der Waals surface area contributed by atoms with E-state index in [1.165, 1.54) is 30.4 Å². The summed E-state index contributed by atoms with van der Waals surface area (Å²) >= 11 is 0. The third kappa shape index (κ3) is 2.01. The highest BCUT2D eigenvalue weighted by Crippen LogP contribution is 2.40. The fraction of sp³-hybridized carbons (Fsp3) is 0.625. The molecule has 1 saturated carbocycles. The molecule has 0 amide bonds. The normalized spacial score (nSPS) is 31.8. The number of fused-ring (bicyclic) bond motifs is 1. The fourth-order valence-corrected chi connectivity index (χ4v) is 3.68. The molecule has 0 heterocycles. The van der Waals surface area contributed by atoms with E-state index in [0.29, 0.717) is 12.5 Å². The summed E-state index contributed by atoms with van der Waals surface area (Å²) in [6.45, 7) is 2.68. The summed E-state index contributed by atoms with van der Waals surface area (Å²) < 4.78 is 0. The first-order valence-electron chi connectivity index (χ1n) is 7.01. The molecular weight excluding hydrogens is 208 g/mol. The van der Waals surface area contributed by atoms with Gasteiger partial charge in [0.1, 0.15) is 0 Å². The number of aliphatic hydroxyl groups excluding tert-OH is 1. The SMILES string of the molecule is CC1CCC(c2ccc3c(c2)CCC3CO)C1. The summed E-state index contributed by atoms with van der Waals surface area (Å²) in [6.07, 6.45) is 6.42. The Bertz CT molecular complexity index is 410. The Labute approximate surface area is 104 Å². The van der Waals surface area contributed by atoms with Gasteiger partial charge in [-0.1, -0.05) is 31.5 Å². The minimum atomic E-state index is 0.312. The molecule has 1 aromatic rings. The van der Waals surface area contributed by atoms with Crippen molar-refractivity contribution < 1.29 is 5.11 Å². The zero-order chi connectivity index (χ0) is 11.8. The van der Waals surface area contributed by atoms with Crippen LogP contribution in [0.15, 0.2) is 18.2 Å². The lowest BCUT2D eigenvalue weighted by Crippen LogP contribution is -2.00. The molecule has 0 bridgehead atoms. The average molecular weight is 230 g/mol. The monoisotopic (exact) mass is 230 g/mol. The first-order chi connectivity index (χ1) is 8.28. The molecule has 92 valence electrons. The van der Waals surface area contributed by atoms with E-state index in [-0.39, 0.29) is 0 Å². The number of rotatable bonds is 2. The van der Waals surface area contributed by atoms with Crippen LogP contribution in [0.25, 0.3) is 0 Å². The molecule has 1 fully saturated rings. The van der Waals surface area contributed by atoms with Gasteiger partial charge in [0.2, 0.25) is 0 Å². The van der Waals surface area contributed by atoms with Crippen LogP contribution in [0.1, 0.15) is 61.1 Å². The second kappa shape index (κ2) is 4.45. The molecule has 1 N–H and O–H groups in total. The zero-order valence-electron chi connectivity index (χ0n) is 10.7. The van der Waals surface area contributed by atoms with Crippen molar-refractivity contribution in [3.63, 3.8) is 0 Å². The first kappa shape index (κ1) is 11.3. The molecule has 1 nitrogen and oxygen atoms in total. The largest absolute Gasteiger partial charge is 0.396 e. The van der Waals surface area contributed by atoms with E-state index in [0.717, 1.165) is 24.7 Å². The highest BCUT2D eigenvalue weighted by atomic mass is 16.3. The molecule has 0 aromatic heterocycles. The van der Waals surface area contributed by atoms with E-state index in [9.17, 15) is 5.11 Å². The van der Waals surface area contributed by atoms with Crippen LogP contribution in [-0.4, -0.2) is 11.7 Å². The van der Waals surface area contributed by atoms with Gasteiger partial charge in [-0.3, -0.25) is 0 Å². The Balaban J connectivity index is 1.85. The standard InChI is InChI=1S/C16H22O/c1-11-2-3-12(8-11)13-6-7-16-14(9-13)4-5-15(16)10-17/h6-7,9,11-12,15,17H,2-5,8,10H2,1H3. The van der Waals surface area contributed by atoms with Gasteiger partial charge in [-0.05, 0) is 54.2 Å². The van der Waals surface area contributed by atoms with Crippen LogP contribution in [-0.2, 0) is 6.42 Å². The minimum Gasteiger partial charge on any atom is -0.396 e. The van der Waals surface area contributed by atoms with Crippen molar-refractivity contribution >= 4 is 0 Å². The van der Waals surface area contributed by atoms with Crippen LogP contribution in [0, 0.1) is 5.92 Å². The number of hydrogen-bond donors (Lipinski definition) is 1. The fourth-order valence-electron chi connectivity index (χ4n) is 3.68. The number of hydrogen-bond acceptors (Lipinski definition) is 1. The summed E-state index contributed by atoms with van der Waals surface area (Å²) in [4.78, 5) is 0. The van der Waals surface area contributed by atoms with E-state index in [2.05, 4.69) is 25.1 Å². The lowest BCUT2D eigenvalue weighted by molar-refractivity contribution is 0.265. The molecule has 1 heteroatoms. The Morgan fingerprint density at radius 1 is 1.24 bits per heavy atom. The van der Waals surface area contributed by atoms with Crippen molar-refractivity contribution in [3.05, 3.63) is 34.9 Å². The van der Waals surface area contributed by atoms with Gasteiger partial charge < -0.3 is 5.11 Å². The molecule has 0 radical (unpaired) electrons. The Hall–Kier alpha value is -0.820. The van der Waals surface area contributed by atoms with E-state index < -0.39 is 0 Å². The van der Waals surface area contributed by atoms with Crippen molar-refractivity contribution in [1.82, 2.24) is 0 Å². The molecule has 3 unspecified atom stereocenters. The average Bonchev–Trinajstić information content (AvgIpc) is 2.94. The quantitative estimate of drug-likeness (QED) is 0.823. The summed E-state index contributed by atoms with van der Waals surface area (Å²) in [5.74, 6) is 2.10. The lowest BCUT2D eigenvalue weighted by atomic mass is 9.92. The first-order valence-corrected chi connectivity index (χ1v) is 7.01. The second-order valence-electron chi connectivity index (χ2n) is 5.99. The predicted molar refractivity (Wildman–Crippen MR) is 70.3 cm³/mol. The van der Waals surface area contributed by atoms with E-state index in [1.54, 1.807) is 5.56 Å². The number of benzene rings is 1. The molecule has 3 atom stereocenters. The van der Waals surface area contributed by atoms with Crippen LogP contribution in [0.5, 0.6) is 0 Å². The maximum absolute atomic E-state index is 9.33. The third-order valence-electron chi connectivity index (χ3n) is 4.76. The number of aliphatic hydroxyl groups is 1. The van der Waals surface area contributed by atoms with Crippen molar-refractivity contribution in [2.45, 2.75) is 50.9 Å². The van der Waals surface area contributed by atoms with Crippen LogP contribution >= 0.6 is 0 Å². The summed E-state index contributed by atoms with van der Waals surface area (Å²) in [6, 6.07) is 7.02. The van der Waals surface area contributed by atoms with Gasteiger partial charge in [0.15, 0.2) is 0 Å². The van der Waals surface area contributed by atoms with Crippen molar-refractivity contribution in [3.8, 4) is 0 Å². The summed E-state index contributed by atoms with van der Waals surface area (Å²) in [7, 11) is 0. The highest BCUT2D eigenvalue weighted by Gasteiger charge is 2.26. The van der Waals surface area contributed by atoms with Crippen molar-refractivity contribution in [1.29, 1.82) is 0 Å². The van der Waals surface area contributed by atoms with Gasteiger partial charge in [-0.15, -0.1) is 0 Å². The second-order valence-corrected chi connectivity index (χ2v) is 5.99. The zero-order valence-corrected chi connectivity index (χ0v) is 10.7. The van der Waals surface area contributed by atoms with Gasteiger partial charge in [-0.2, -0.15) is 0 Å². The molecule has 0 saturated heterocycles. The van der Waals surface area contributed by atoms with Crippen LogP contribution in [0.4, 0.5) is 0 Å². The van der Waals surface area contributed by atoms with Gasteiger partial charge in [0.25, 0.3) is 0 Å². The molecule has 2 aliphatic carbocycles. The molecule has 1 aromatic carbocycles. The van der Waals surface area contributed by atoms with E-state index >= 15 is 0 Å². The topological polar surface area (TPSA) is 20.2 Å². The minimum absolute atomic E-state index is 0.312. The van der Waals surface area contributed by atoms with Crippen molar-refractivity contribution in [2.75, 3.05) is 6.61 Å². The maximum atomic E-state index is 9.33. The molecular formula is C16H22O. The smallest absolute Gasteiger partial charge is 0.0499 e. The predicted octanol–water partition coefficient (Wildman–Crippen LogP) is 3.61. The van der Waals surface area contributed by atoms with E-state index in [4.69, 9.17) is 0 Å². The van der Waals surface area contributed by atoms with E-state index in [1.807, 2.05) is 0 Å². The maximum Gasteiger partial charge on any atom is 0.0499 e. The van der Waals surface area contributed by atoms with Crippen LogP contribution in [0.2, 0.25) is 0 Å².